The number of amides is 1. The summed E-state index contributed by atoms with van der Waals surface area (Å²) in [7, 11) is 2.08. The van der Waals surface area contributed by atoms with Crippen LogP contribution in [0.25, 0.3) is 0 Å². The third-order valence-electron chi connectivity index (χ3n) is 4.60. The van der Waals surface area contributed by atoms with E-state index in [9.17, 15) is 9.59 Å². The van der Waals surface area contributed by atoms with E-state index in [1.54, 1.807) is 42.5 Å². The van der Waals surface area contributed by atoms with Gasteiger partial charge in [0.2, 0.25) is 0 Å². The van der Waals surface area contributed by atoms with Crippen molar-refractivity contribution in [2.75, 3.05) is 25.5 Å². The first-order chi connectivity index (χ1) is 12.0. The van der Waals surface area contributed by atoms with Gasteiger partial charge >= 0.3 is 0 Å². The summed E-state index contributed by atoms with van der Waals surface area (Å²) in [5, 5.41) is 3.43. The second kappa shape index (κ2) is 7.81. The number of ketones is 1. The number of nitrogens with one attached hydrogen (secondary N) is 1. The van der Waals surface area contributed by atoms with Crippen molar-refractivity contribution in [2.24, 2.45) is 5.92 Å². The normalized spacial score (nSPS) is 15.8. The molecule has 0 atom stereocenters. The van der Waals surface area contributed by atoms with Crippen LogP contribution in [-0.4, -0.2) is 36.7 Å². The van der Waals surface area contributed by atoms with Crippen molar-refractivity contribution in [1.82, 2.24) is 4.90 Å². The molecular formula is C20H21ClN2O2. The molecule has 0 unspecified atom stereocenters. The van der Waals surface area contributed by atoms with Gasteiger partial charge in [0, 0.05) is 27.8 Å². The number of piperidine rings is 1. The van der Waals surface area contributed by atoms with Gasteiger partial charge in [-0.15, -0.1) is 0 Å². The monoisotopic (exact) mass is 356 g/mol. The molecule has 2 aromatic carbocycles. The number of likely N-dealkylation sites (tertiary alicyclic amines) is 1. The van der Waals surface area contributed by atoms with E-state index in [0.717, 1.165) is 25.9 Å². The molecule has 0 bridgehead atoms. The first-order valence-corrected chi connectivity index (χ1v) is 8.80. The van der Waals surface area contributed by atoms with E-state index in [0.29, 0.717) is 21.8 Å². The van der Waals surface area contributed by atoms with E-state index >= 15 is 0 Å². The highest BCUT2D eigenvalue weighted by atomic mass is 35.5. The first kappa shape index (κ1) is 17.6. The number of anilines is 1. The molecule has 25 heavy (non-hydrogen) atoms. The third-order valence-corrected chi connectivity index (χ3v) is 4.85. The SMILES string of the molecule is CN1CCC(C(=O)c2cccc(NC(=O)c3ccc(Cl)cc3)c2)CC1. The van der Waals surface area contributed by atoms with Crippen LogP contribution in [0.5, 0.6) is 0 Å². The maximum Gasteiger partial charge on any atom is 0.255 e. The number of nitrogens with zero attached hydrogens (tertiary/aromatic N) is 1. The minimum Gasteiger partial charge on any atom is -0.322 e. The number of carbonyl (C=O) groups is 2. The zero-order valence-corrected chi connectivity index (χ0v) is 14.9. The lowest BCUT2D eigenvalue weighted by Crippen LogP contribution is -2.33. The molecule has 1 saturated heterocycles. The molecule has 1 N–H and O–H groups in total. The van der Waals surface area contributed by atoms with Crippen molar-refractivity contribution in [3.8, 4) is 0 Å². The third kappa shape index (κ3) is 4.47. The molecule has 0 spiro atoms. The van der Waals surface area contributed by atoms with Gasteiger partial charge in [-0.1, -0.05) is 23.7 Å². The Bertz CT molecular complexity index is 766. The number of halogens is 1. The molecule has 1 heterocycles. The zero-order valence-electron chi connectivity index (χ0n) is 14.2. The van der Waals surface area contributed by atoms with Gasteiger partial charge in [0.1, 0.15) is 0 Å². The molecule has 0 aliphatic carbocycles. The molecule has 4 nitrogen and oxygen atoms in total. The Kier molecular flexibility index (Phi) is 5.51. The van der Waals surface area contributed by atoms with E-state index in [1.165, 1.54) is 0 Å². The predicted octanol–water partition coefficient (Wildman–Crippen LogP) is 4.12. The lowest BCUT2D eigenvalue weighted by Gasteiger charge is -2.28. The minimum absolute atomic E-state index is 0.0680. The molecule has 0 aromatic heterocycles. The standard InChI is InChI=1S/C20H21ClN2O2/c1-23-11-9-14(10-12-23)19(24)16-3-2-4-18(13-16)22-20(25)15-5-7-17(21)8-6-15/h2-8,13-14H,9-12H2,1H3,(H,22,25). The molecule has 5 heteroatoms. The fraction of sp³-hybridized carbons (Fsp3) is 0.300. The average Bonchev–Trinajstić information content (AvgIpc) is 2.62. The summed E-state index contributed by atoms with van der Waals surface area (Å²) in [6.45, 7) is 1.90. The van der Waals surface area contributed by atoms with Crippen molar-refractivity contribution in [2.45, 2.75) is 12.8 Å². The van der Waals surface area contributed by atoms with Gasteiger partial charge in [-0.2, -0.15) is 0 Å². The van der Waals surface area contributed by atoms with E-state index in [4.69, 9.17) is 11.6 Å². The van der Waals surface area contributed by atoms with Crippen LogP contribution in [0.15, 0.2) is 48.5 Å². The molecule has 130 valence electrons. The van der Waals surface area contributed by atoms with Crippen LogP contribution < -0.4 is 5.32 Å². The summed E-state index contributed by atoms with van der Waals surface area (Å²) in [6.07, 6.45) is 1.77. The van der Waals surface area contributed by atoms with E-state index in [1.807, 2.05) is 6.07 Å². The van der Waals surface area contributed by atoms with Gasteiger partial charge in [0.25, 0.3) is 5.91 Å². The average molecular weight is 357 g/mol. The quantitative estimate of drug-likeness (QED) is 0.838. The number of rotatable bonds is 4. The number of hydrogen-bond acceptors (Lipinski definition) is 3. The molecular weight excluding hydrogens is 336 g/mol. The summed E-state index contributed by atoms with van der Waals surface area (Å²) in [5.74, 6) is 0.00895. The molecule has 0 saturated carbocycles. The summed E-state index contributed by atoms with van der Waals surface area (Å²) >= 11 is 5.84. The molecule has 1 amide bonds. The van der Waals surface area contributed by atoms with Crippen molar-refractivity contribution in [1.29, 1.82) is 0 Å². The Balaban J connectivity index is 1.69. The van der Waals surface area contributed by atoms with Gasteiger partial charge in [0.05, 0.1) is 0 Å². The van der Waals surface area contributed by atoms with Crippen LogP contribution in [0.2, 0.25) is 5.02 Å². The van der Waals surface area contributed by atoms with Crippen LogP contribution in [0.1, 0.15) is 33.6 Å². The number of hydrogen-bond donors (Lipinski definition) is 1. The van der Waals surface area contributed by atoms with Crippen molar-refractivity contribution in [3.05, 3.63) is 64.7 Å². The van der Waals surface area contributed by atoms with Gasteiger partial charge < -0.3 is 10.2 Å². The van der Waals surface area contributed by atoms with Crippen molar-refractivity contribution < 1.29 is 9.59 Å². The van der Waals surface area contributed by atoms with Gasteiger partial charge in [0.15, 0.2) is 5.78 Å². The Hall–Kier alpha value is -2.17. The van der Waals surface area contributed by atoms with Gasteiger partial charge in [-0.3, -0.25) is 9.59 Å². The largest absolute Gasteiger partial charge is 0.322 e. The smallest absolute Gasteiger partial charge is 0.255 e. The minimum atomic E-state index is -0.222. The zero-order chi connectivity index (χ0) is 17.8. The number of Topliss-reactive ketones (excluding diaryl/α,β-unsaturated/α-hetero) is 1. The van der Waals surface area contributed by atoms with Crippen LogP contribution in [0, 0.1) is 5.92 Å². The van der Waals surface area contributed by atoms with E-state index in [-0.39, 0.29) is 17.6 Å². The topological polar surface area (TPSA) is 49.4 Å². The molecule has 2 aromatic rings. The lowest BCUT2D eigenvalue weighted by molar-refractivity contribution is 0.0856. The molecule has 1 aliphatic heterocycles. The van der Waals surface area contributed by atoms with Gasteiger partial charge in [-0.05, 0) is 69.4 Å². The first-order valence-electron chi connectivity index (χ1n) is 8.42. The highest BCUT2D eigenvalue weighted by Gasteiger charge is 2.24. The van der Waals surface area contributed by atoms with Crippen LogP contribution in [0.3, 0.4) is 0 Å². The van der Waals surface area contributed by atoms with E-state index < -0.39 is 0 Å². The fourth-order valence-electron chi connectivity index (χ4n) is 3.06. The maximum absolute atomic E-state index is 12.7. The van der Waals surface area contributed by atoms with Crippen LogP contribution in [0.4, 0.5) is 5.69 Å². The summed E-state index contributed by atoms with van der Waals surface area (Å²) in [4.78, 5) is 27.2. The van der Waals surface area contributed by atoms with Crippen LogP contribution in [-0.2, 0) is 0 Å². The molecule has 1 fully saturated rings. The summed E-state index contributed by atoms with van der Waals surface area (Å²) in [6, 6.07) is 13.9. The van der Waals surface area contributed by atoms with E-state index in [2.05, 4.69) is 17.3 Å². The highest BCUT2D eigenvalue weighted by Crippen LogP contribution is 2.23. The summed E-state index contributed by atoms with van der Waals surface area (Å²) in [5.41, 5.74) is 1.80. The molecule has 3 rings (SSSR count). The Morgan fingerprint density at radius 2 is 1.72 bits per heavy atom. The van der Waals surface area contributed by atoms with Crippen molar-refractivity contribution in [3.63, 3.8) is 0 Å². The molecule has 1 aliphatic rings. The van der Waals surface area contributed by atoms with Crippen molar-refractivity contribution >= 4 is 29.0 Å². The Labute approximate surface area is 152 Å². The number of carbonyl (C=O) groups excluding carboxylic acids is 2. The van der Waals surface area contributed by atoms with Crippen LogP contribution >= 0.6 is 11.6 Å². The second-order valence-corrected chi connectivity index (χ2v) is 6.92. The Morgan fingerprint density at radius 3 is 2.40 bits per heavy atom. The summed E-state index contributed by atoms with van der Waals surface area (Å²) < 4.78 is 0. The number of benzene rings is 2. The fourth-order valence-corrected chi connectivity index (χ4v) is 3.19. The maximum atomic E-state index is 12.7. The second-order valence-electron chi connectivity index (χ2n) is 6.48. The van der Waals surface area contributed by atoms with Gasteiger partial charge in [-0.25, -0.2) is 0 Å². The lowest BCUT2D eigenvalue weighted by atomic mass is 9.89. The predicted molar refractivity (Wildman–Crippen MR) is 100 cm³/mol. The molecule has 0 radical (unpaired) electrons. The Morgan fingerprint density at radius 1 is 1.04 bits per heavy atom. The highest BCUT2D eigenvalue weighted by molar-refractivity contribution is 6.30.